The normalized spacial score (nSPS) is 10.9. The van der Waals surface area contributed by atoms with E-state index in [1.807, 2.05) is 30.3 Å². The maximum absolute atomic E-state index is 11.8. The average molecular weight is 350 g/mol. The van der Waals surface area contributed by atoms with Crippen LogP contribution in [0.2, 0.25) is 5.02 Å². The van der Waals surface area contributed by atoms with Crippen LogP contribution in [0.4, 0.5) is 0 Å². The lowest BCUT2D eigenvalue weighted by Gasteiger charge is -2.06. The Hall–Kier alpha value is -3.18. The second-order valence-electron chi connectivity index (χ2n) is 5.53. The lowest BCUT2D eigenvalue weighted by Crippen LogP contribution is -2.00. The molecule has 0 unspecified atom stereocenters. The van der Waals surface area contributed by atoms with Crippen LogP contribution in [0, 0.1) is 0 Å². The predicted octanol–water partition coefficient (Wildman–Crippen LogP) is 4.64. The molecule has 122 valence electrons. The number of aromatic nitrogens is 3. The minimum atomic E-state index is -1.03. The first kappa shape index (κ1) is 15.4. The number of pyridine rings is 1. The fourth-order valence-corrected chi connectivity index (χ4v) is 2.90. The van der Waals surface area contributed by atoms with Crippen molar-refractivity contribution in [3.8, 4) is 22.5 Å². The van der Waals surface area contributed by atoms with Crippen LogP contribution in [0.5, 0.6) is 0 Å². The smallest absolute Gasteiger partial charge is 0.336 e. The molecule has 0 saturated carbocycles. The molecule has 0 bridgehead atoms. The van der Waals surface area contributed by atoms with E-state index in [-0.39, 0.29) is 5.56 Å². The van der Waals surface area contributed by atoms with E-state index < -0.39 is 5.97 Å². The molecular weight excluding hydrogens is 338 g/mol. The number of nitrogens with zero attached hydrogens (tertiary/aromatic N) is 2. The van der Waals surface area contributed by atoms with E-state index in [1.165, 1.54) is 0 Å². The molecule has 2 aromatic carbocycles. The Morgan fingerprint density at radius 1 is 1.00 bits per heavy atom. The molecule has 0 spiro atoms. The van der Waals surface area contributed by atoms with Crippen molar-refractivity contribution in [2.24, 2.45) is 0 Å². The molecular formula is C19H12ClN3O2. The van der Waals surface area contributed by atoms with Gasteiger partial charge in [-0.2, -0.15) is 5.10 Å². The Balaban J connectivity index is 1.97. The number of carbonyl (C=O) groups is 1. The number of hydrogen-bond donors (Lipinski definition) is 2. The van der Waals surface area contributed by atoms with Crippen LogP contribution < -0.4 is 0 Å². The number of aromatic amines is 1. The summed E-state index contributed by atoms with van der Waals surface area (Å²) in [5.74, 6) is -1.03. The minimum absolute atomic E-state index is 0.155. The van der Waals surface area contributed by atoms with Crippen molar-refractivity contribution < 1.29 is 9.90 Å². The van der Waals surface area contributed by atoms with Crippen LogP contribution in [0.25, 0.3) is 33.5 Å². The van der Waals surface area contributed by atoms with Crippen molar-refractivity contribution in [3.63, 3.8) is 0 Å². The number of fused-ring (bicyclic) bond motifs is 1. The van der Waals surface area contributed by atoms with Gasteiger partial charge in [-0.1, -0.05) is 54.1 Å². The second kappa shape index (κ2) is 6.03. The van der Waals surface area contributed by atoms with E-state index in [0.717, 1.165) is 11.1 Å². The molecule has 0 radical (unpaired) electrons. The molecule has 4 rings (SSSR count). The number of nitrogens with one attached hydrogen (secondary N) is 1. The predicted molar refractivity (Wildman–Crippen MR) is 96.7 cm³/mol. The molecule has 2 N–H and O–H groups in total. The van der Waals surface area contributed by atoms with Gasteiger partial charge in [0.15, 0.2) is 5.65 Å². The molecule has 2 aromatic heterocycles. The number of carboxylic acid groups (broad SMARTS) is 1. The first-order chi connectivity index (χ1) is 12.1. The Morgan fingerprint density at radius 3 is 2.40 bits per heavy atom. The van der Waals surface area contributed by atoms with Gasteiger partial charge in [0.1, 0.15) is 0 Å². The molecule has 0 aliphatic rings. The van der Waals surface area contributed by atoms with Crippen LogP contribution in [0.15, 0.2) is 60.7 Å². The lowest BCUT2D eigenvalue weighted by atomic mass is 10.0. The SMILES string of the molecule is O=C(O)c1cc(-c2ccc(Cl)cc2)nc2n[nH]c(-c3ccccc3)c12. The first-order valence-electron chi connectivity index (χ1n) is 7.57. The molecule has 25 heavy (non-hydrogen) atoms. The maximum Gasteiger partial charge on any atom is 0.336 e. The zero-order valence-electron chi connectivity index (χ0n) is 12.9. The fraction of sp³-hybridized carbons (Fsp3) is 0. The van der Waals surface area contributed by atoms with Crippen LogP contribution in [-0.2, 0) is 0 Å². The molecule has 5 nitrogen and oxygen atoms in total. The van der Waals surface area contributed by atoms with Gasteiger partial charge < -0.3 is 5.11 Å². The quantitative estimate of drug-likeness (QED) is 0.564. The van der Waals surface area contributed by atoms with Gasteiger partial charge in [0.2, 0.25) is 0 Å². The molecule has 0 aliphatic heterocycles. The highest BCUT2D eigenvalue weighted by atomic mass is 35.5. The summed E-state index contributed by atoms with van der Waals surface area (Å²) in [6.07, 6.45) is 0. The Morgan fingerprint density at radius 2 is 1.72 bits per heavy atom. The Kier molecular flexibility index (Phi) is 3.71. The van der Waals surface area contributed by atoms with Crippen LogP contribution in [0.3, 0.4) is 0 Å². The van der Waals surface area contributed by atoms with Gasteiger partial charge in [0, 0.05) is 16.1 Å². The standard InChI is InChI=1S/C19H12ClN3O2/c20-13-8-6-11(7-9-13)15-10-14(19(24)25)16-17(22-23-18(16)21-15)12-4-2-1-3-5-12/h1-10H,(H,24,25)(H,21,22,23). The highest BCUT2D eigenvalue weighted by Gasteiger charge is 2.19. The highest BCUT2D eigenvalue weighted by molar-refractivity contribution is 6.30. The summed E-state index contributed by atoms with van der Waals surface area (Å²) in [7, 11) is 0. The number of carboxylic acids is 1. The van der Waals surface area contributed by atoms with Crippen LogP contribution >= 0.6 is 11.6 Å². The number of H-pyrrole nitrogens is 1. The van der Waals surface area contributed by atoms with Gasteiger partial charge in [0.05, 0.1) is 22.3 Å². The van der Waals surface area contributed by atoms with Crippen molar-refractivity contribution >= 4 is 28.6 Å². The summed E-state index contributed by atoms with van der Waals surface area (Å²) in [5.41, 5.74) is 3.33. The lowest BCUT2D eigenvalue weighted by molar-refractivity contribution is 0.0699. The molecule has 0 amide bonds. The van der Waals surface area contributed by atoms with E-state index in [4.69, 9.17) is 11.6 Å². The molecule has 2 heterocycles. The number of rotatable bonds is 3. The summed E-state index contributed by atoms with van der Waals surface area (Å²) in [5, 5.41) is 17.9. The highest BCUT2D eigenvalue weighted by Crippen LogP contribution is 2.31. The van der Waals surface area contributed by atoms with Crippen LogP contribution in [-0.4, -0.2) is 26.3 Å². The second-order valence-corrected chi connectivity index (χ2v) is 5.97. The van der Waals surface area contributed by atoms with Crippen molar-refractivity contribution in [2.75, 3.05) is 0 Å². The van der Waals surface area contributed by atoms with E-state index in [2.05, 4.69) is 15.2 Å². The third-order valence-electron chi connectivity index (χ3n) is 3.96. The third-order valence-corrected chi connectivity index (χ3v) is 4.21. The summed E-state index contributed by atoms with van der Waals surface area (Å²) in [6, 6.07) is 18.1. The van der Waals surface area contributed by atoms with Gasteiger partial charge >= 0.3 is 5.97 Å². The monoisotopic (exact) mass is 349 g/mol. The summed E-state index contributed by atoms with van der Waals surface area (Å²) in [6.45, 7) is 0. The van der Waals surface area contributed by atoms with E-state index in [1.54, 1.807) is 30.3 Å². The molecule has 0 saturated heterocycles. The number of benzene rings is 2. The summed E-state index contributed by atoms with van der Waals surface area (Å²) in [4.78, 5) is 16.4. The maximum atomic E-state index is 11.8. The minimum Gasteiger partial charge on any atom is -0.478 e. The van der Waals surface area contributed by atoms with Gasteiger partial charge in [0.25, 0.3) is 0 Å². The zero-order valence-corrected chi connectivity index (χ0v) is 13.7. The van der Waals surface area contributed by atoms with Crippen molar-refractivity contribution in [1.82, 2.24) is 15.2 Å². The largest absolute Gasteiger partial charge is 0.478 e. The zero-order chi connectivity index (χ0) is 17.4. The van der Waals surface area contributed by atoms with E-state index >= 15 is 0 Å². The van der Waals surface area contributed by atoms with E-state index in [9.17, 15) is 9.90 Å². The number of hydrogen-bond acceptors (Lipinski definition) is 3. The van der Waals surface area contributed by atoms with Gasteiger partial charge in [-0.15, -0.1) is 0 Å². The fourth-order valence-electron chi connectivity index (χ4n) is 2.77. The van der Waals surface area contributed by atoms with Gasteiger partial charge in [-0.25, -0.2) is 9.78 Å². The van der Waals surface area contributed by atoms with Crippen molar-refractivity contribution in [2.45, 2.75) is 0 Å². The van der Waals surface area contributed by atoms with E-state index in [0.29, 0.717) is 27.4 Å². The Labute approximate surface area is 147 Å². The third kappa shape index (κ3) is 2.75. The molecule has 4 aromatic rings. The van der Waals surface area contributed by atoms with Crippen molar-refractivity contribution in [3.05, 3.63) is 71.2 Å². The van der Waals surface area contributed by atoms with Crippen LogP contribution in [0.1, 0.15) is 10.4 Å². The van der Waals surface area contributed by atoms with Gasteiger partial charge in [-0.05, 0) is 18.2 Å². The topological polar surface area (TPSA) is 78.9 Å². The number of aromatic carboxylic acids is 1. The summed E-state index contributed by atoms with van der Waals surface area (Å²) >= 11 is 5.92. The molecule has 0 fully saturated rings. The molecule has 0 aliphatic carbocycles. The summed E-state index contributed by atoms with van der Waals surface area (Å²) < 4.78 is 0. The number of halogens is 1. The van der Waals surface area contributed by atoms with Gasteiger partial charge in [-0.3, -0.25) is 5.10 Å². The molecule has 6 heteroatoms. The Bertz CT molecular complexity index is 1070. The average Bonchev–Trinajstić information content (AvgIpc) is 3.06. The van der Waals surface area contributed by atoms with Crippen molar-refractivity contribution in [1.29, 1.82) is 0 Å². The molecule has 0 atom stereocenters. The first-order valence-corrected chi connectivity index (χ1v) is 7.95.